The van der Waals surface area contributed by atoms with Gasteiger partial charge in [0.05, 0.1) is 18.9 Å². The summed E-state index contributed by atoms with van der Waals surface area (Å²) in [6.45, 7) is 6.29. The van der Waals surface area contributed by atoms with Crippen LogP contribution >= 0.6 is 11.6 Å². The number of esters is 1. The zero-order valence-corrected chi connectivity index (χ0v) is 23.9. The molecule has 0 bridgehead atoms. The molecule has 5 rings (SSSR count). The molecule has 1 fully saturated rings. The molecule has 40 heavy (non-hydrogen) atoms. The standard InChI is InChI=1S/C33H37ClN2O4/c1-2-38-33(37)8-5-21-39-27-13-14-32-30(22-27)28(29-6-3-17-35-31(29)23-40-32)7-4-18-36-19-15-25(16-20-36)24-9-11-26(34)12-10-24/h3,6-7,9-14,17,22,25H,2,4-5,8,15-16,18-21,23H2,1H3. The third-order valence-corrected chi connectivity index (χ3v) is 7.86. The monoisotopic (exact) mass is 560 g/mol. The second kappa shape index (κ2) is 13.8. The number of ether oxygens (including phenoxy) is 3. The van der Waals surface area contributed by atoms with Gasteiger partial charge < -0.3 is 19.1 Å². The molecule has 0 unspecified atom stereocenters. The molecule has 2 aliphatic heterocycles. The van der Waals surface area contributed by atoms with E-state index in [9.17, 15) is 4.79 Å². The van der Waals surface area contributed by atoms with Crippen LogP contribution in [0, 0.1) is 0 Å². The number of halogens is 1. The van der Waals surface area contributed by atoms with Crippen molar-refractivity contribution in [2.24, 2.45) is 0 Å². The smallest absolute Gasteiger partial charge is 0.305 e. The fourth-order valence-electron chi connectivity index (χ4n) is 5.50. The van der Waals surface area contributed by atoms with Crippen molar-refractivity contribution in [1.82, 2.24) is 9.88 Å². The van der Waals surface area contributed by atoms with Crippen LogP contribution in [0.4, 0.5) is 0 Å². The van der Waals surface area contributed by atoms with E-state index in [2.05, 4.69) is 34.2 Å². The van der Waals surface area contributed by atoms with E-state index >= 15 is 0 Å². The predicted octanol–water partition coefficient (Wildman–Crippen LogP) is 7.05. The maximum atomic E-state index is 11.6. The molecule has 3 heterocycles. The Bertz CT molecular complexity index is 1320. The fraction of sp³-hybridized carbons (Fsp3) is 0.394. The van der Waals surface area contributed by atoms with Gasteiger partial charge in [-0.2, -0.15) is 0 Å². The number of benzene rings is 2. The van der Waals surface area contributed by atoms with Crippen molar-refractivity contribution >= 4 is 23.1 Å². The molecule has 0 spiro atoms. The van der Waals surface area contributed by atoms with Gasteiger partial charge in [0.25, 0.3) is 0 Å². The lowest BCUT2D eigenvalue weighted by Crippen LogP contribution is -2.33. The van der Waals surface area contributed by atoms with Crippen LogP contribution in [-0.2, 0) is 16.1 Å². The lowest BCUT2D eigenvalue weighted by atomic mass is 9.89. The highest BCUT2D eigenvalue weighted by atomic mass is 35.5. The molecule has 0 saturated carbocycles. The Morgan fingerprint density at radius 3 is 2.75 bits per heavy atom. The summed E-state index contributed by atoms with van der Waals surface area (Å²) in [5.41, 5.74) is 5.57. The number of hydrogen-bond donors (Lipinski definition) is 0. The largest absolute Gasteiger partial charge is 0.494 e. The number of piperidine rings is 1. The molecular weight excluding hydrogens is 524 g/mol. The van der Waals surface area contributed by atoms with E-state index in [1.165, 1.54) is 18.4 Å². The molecule has 0 aliphatic carbocycles. The molecule has 7 heteroatoms. The number of rotatable bonds is 10. The summed E-state index contributed by atoms with van der Waals surface area (Å²) in [5.74, 6) is 2.00. The first kappa shape index (κ1) is 28.2. The highest BCUT2D eigenvalue weighted by Gasteiger charge is 2.22. The first-order chi connectivity index (χ1) is 19.6. The Labute approximate surface area is 241 Å². The summed E-state index contributed by atoms with van der Waals surface area (Å²) < 4.78 is 17.2. The lowest BCUT2D eigenvalue weighted by Gasteiger charge is -2.32. The van der Waals surface area contributed by atoms with E-state index in [0.29, 0.717) is 38.6 Å². The van der Waals surface area contributed by atoms with Crippen molar-refractivity contribution < 1.29 is 19.0 Å². The van der Waals surface area contributed by atoms with Crippen molar-refractivity contribution in [3.63, 3.8) is 0 Å². The zero-order valence-electron chi connectivity index (χ0n) is 23.1. The third-order valence-electron chi connectivity index (χ3n) is 7.61. The topological polar surface area (TPSA) is 60.9 Å². The maximum Gasteiger partial charge on any atom is 0.305 e. The SMILES string of the molecule is CCOC(=O)CCCOc1ccc2c(c1)C(=CCCN1CCC(c3ccc(Cl)cc3)CC1)c1cccnc1CO2. The lowest BCUT2D eigenvalue weighted by molar-refractivity contribution is -0.143. The van der Waals surface area contributed by atoms with Gasteiger partial charge in [0.1, 0.15) is 18.1 Å². The van der Waals surface area contributed by atoms with E-state index in [0.717, 1.165) is 65.0 Å². The number of aromatic nitrogens is 1. The predicted molar refractivity (Wildman–Crippen MR) is 158 cm³/mol. The Hall–Kier alpha value is -3.35. The quantitative estimate of drug-likeness (QED) is 0.195. The second-order valence-electron chi connectivity index (χ2n) is 10.3. The van der Waals surface area contributed by atoms with Crippen LogP contribution in [0.5, 0.6) is 11.5 Å². The van der Waals surface area contributed by atoms with Gasteiger partial charge in [-0.25, -0.2) is 0 Å². The summed E-state index contributed by atoms with van der Waals surface area (Å²) in [7, 11) is 0. The zero-order chi connectivity index (χ0) is 27.7. The molecule has 1 aromatic heterocycles. The van der Waals surface area contributed by atoms with Crippen molar-refractivity contribution in [3.8, 4) is 11.5 Å². The minimum absolute atomic E-state index is 0.190. The fourth-order valence-corrected chi connectivity index (χ4v) is 5.63. The first-order valence-corrected chi connectivity index (χ1v) is 14.7. The summed E-state index contributed by atoms with van der Waals surface area (Å²) in [4.78, 5) is 18.8. The average molecular weight is 561 g/mol. The van der Waals surface area contributed by atoms with Crippen molar-refractivity contribution in [3.05, 3.63) is 94.3 Å². The van der Waals surface area contributed by atoms with Crippen LogP contribution < -0.4 is 9.47 Å². The Balaban J connectivity index is 1.25. The minimum Gasteiger partial charge on any atom is -0.494 e. The van der Waals surface area contributed by atoms with Crippen molar-refractivity contribution in [1.29, 1.82) is 0 Å². The number of fused-ring (bicyclic) bond motifs is 2. The van der Waals surface area contributed by atoms with Crippen LogP contribution in [0.2, 0.25) is 5.02 Å². The number of hydrogen-bond acceptors (Lipinski definition) is 6. The number of nitrogens with zero attached hydrogens (tertiary/aromatic N) is 2. The molecular formula is C33H37ClN2O4. The summed E-state index contributed by atoms with van der Waals surface area (Å²) in [6.07, 6.45) is 8.36. The number of carbonyl (C=O) groups excluding carboxylic acids is 1. The number of pyridine rings is 1. The summed E-state index contributed by atoms with van der Waals surface area (Å²) in [5, 5.41) is 0.796. The Kier molecular flexibility index (Phi) is 9.74. The number of likely N-dealkylation sites (tertiary alicyclic amines) is 1. The van der Waals surface area contributed by atoms with E-state index in [1.807, 2.05) is 49.5 Å². The second-order valence-corrected chi connectivity index (χ2v) is 10.7. The molecule has 6 nitrogen and oxygen atoms in total. The molecule has 1 saturated heterocycles. The van der Waals surface area contributed by atoms with E-state index in [4.69, 9.17) is 25.8 Å². The van der Waals surface area contributed by atoms with Gasteiger partial charge in [-0.15, -0.1) is 0 Å². The molecule has 210 valence electrons. The van der Waals surface area contributed by atoms with E-state index < -0.39 is 0 Å². The average Bonchev–Trinajstić information content (AvgIpc) is 3.13. The van der Waals surface area contributed by atoms with Gasteiger partial charge in [0.2, 0.25) is 0 Å². The normalized spacial score (nSPS) is 16.5. The molecule has 2 aliphatic rings. The summed E-state index contributed by atoms with van der Waals surface area (Å²) >= 11 is 6.08. The van der Waals surface area contributed by atoms with Gasteiger partial charge in [-0.1, -0.05) is 35.9 Å². The maximum absolute atomic E-state index is 11.6. The van der Waals surface area contributed by atoms with Gasteiger partial charge in [-0.05, 0) is 99.1 Å². The highest BCUT2D eigenvalue weighted by molar-refractivity contribution is 6.30. The number of carbonyl (C=O) groups is 1. The van der Waals surface area contributed by atoms with Gasteiger partial charge >= 0.3 is 5.97 Å². The first-order valence-electron chi connectivity index (χ1n) is 14.3. The molecule has 0 radical (unpaired) electrons. The van der Waals surface area contributed by atoms with Crippen molar-refractivity contribution in [2.45, 2.75) is 51.6 Å². The van der Waals surface area contributed by atoms with Crippen LogP contribution in [0.1, 0.15) is 67.3 Å². The Morgan fingerprint density at radius 1 is 1.12 bits per heavy atom. The van der Waals surface area contributed by atoms with Crippen LogP contribution in [0.3, 0.4) is 0 Å². The van der Waals surface area contributed by atoms with E-state index in [-0.39, 0.29) is 5.97 Å². The van der Waals surface area contributed by atoms with E-state index in [1.54, 1.807) is 0 Å². The van der Waals surface area contributed by atoms with Crippen LogP contribution in [0.25, 0.3) is 5.57 Å². The molecule has 2 aromatic carbocycles. The van der Waals surface area contributed by atoms with Crippen LogP contribution in [0.15, 0.2) is 66.9 Å². The van der Waals surface area contributed by atoms with Gasteiger partial charge in [0, 0.05) is 35.3 Å². The van der Waals surface area contributed by atoms with Gasteiger partial charge in [0.15, 0.2) is 0 Å². The minimum atomic E-state index is -0.190. The highest BCUT2D eigenvalue weighted by Crippen LogP contribution is 2.38. The van der Waals surface area contributed by atoms with Crippen LogP contribution in [-0.4, -0.2) is 48.7 Å². The Morgan fingerprint density at radius 2 is 1.95 bits per heavy atom. The third kappa shape index (κ3) is 7.23. The molecule has 3 aromatic rings. The molecule has 0 N–H and O–H groups in total. The summed E-state index contributed by atoms with van der Waals surface area (Å²) in [6, 6.07) is 18.4. The molecule has 0 atom stereocenters. The van der Waals surface area contributed by atoms with Gasteiger partial charge in [-0.3, -0.25) is 9.78 Å². The van der Waals surface area contributed by atoms with Crippen molar-refractivity contribution in [2.75, 3.05) is 32.8 Å². The molecule has 0 amide bonds.